The number of nitrogens with two attached hydrogens (primary N) is 1. The van der Waals surface area contributed by atoms with E-state index in [-0.39, 0.29) is 17.2 Å². The third-order valence-corrected chi connectivity index (χ3v) is 2.27. The number of carbonyl (C=O) groups excluding carboxylic acids is 1. The molecule has 0 aromatic rings. The monoisotopic (exact) mass is 200 g/mol. The average Bonchev–Trinajstić information content (AvgIpc) is 2.09. The summed E-state index contributed by atoms with van der Waals surface area (Å²) in [5.74, 6) is 0.168. The topological polar surface area (TPSA) is 55.1 Å². The van der Waals surface area contributed by atoms with Gasteiger partial charge in [0.25, 0.3) is 0 Å². The first-order valence-electron chi connectivity index (χ1n) is 5.34. The van der Waals surface area contributed by atoms with E-state index in [1.54, 1.807) is 0 Å². The molecule has 0 bridgehead atoms. The molecule has 0 aliphatic carbocycles. The van der Waals surface area contributed by atoms with Crippen molar-refractivity contribution in [3.8, 4) is 0 Å². The normalized spacial score (nSPS) is 14.1. The number of unbranched alkanes of at least 4 members (excludes halogenated alkanes) is 1. The molecule has 0 aliphatic rings. The summed E-state index contributed by atoms with van der Waals surface area (Å²) in [5.41, 5.74) is 5.51. The van der Waals surface area contributed by atoms with E-state index >= 15 is 0 Å². The van der Waals surface area contributed by atoms with Gasteiger partial charge in [-0.3, -0.25) is 4.79 Å². The Morgan fingerprint density at radius 1 is 1.36 bits per heavy atom. The molecule has 0 aromatic carbocycles. The number of Topliss-reactive ketones (excluding diaryl/α,β-unsaturated/α-hetero) is 1. The highest BCUT2D eigenvalue weighted by atomic mass is 16.1. The van der Waals surface area contributed by atoms with Gasteiger partial charge in [0.15, 0.2) is 5.78 Å². The first kappa shape index (κ1) is 13.6. The summed E-state index contributed by atoms with van der Waals surface area (Å²) in [4.78, 5) is 11.7. The number of hydrogen-bond donors (Lipinski definition) is 2. The van der Waals surface area contributed by atoms with E-state index in [9.17, 15) is 4.79 Å². The van der Waals surface area contributed by atoms with Crippen LogP contribution < -0.4 is 11.1 Å². The number of nitrogens with one attached hydrogen (secondary N) is 1. The Balaban J connectivity index is 3.74. The minimum Gasteiger partial charge on any atom is -0.321 e. The van der Waals surface area contributed by atoms with E-state index < -0.39 is 0 Å². The molecule has 0 spiro atoms. The number of carbonyl (C=O) groups is 1. The second-order valence-corrected chi connectivity index (χ2v) is 4.82. The SMILES string of the molecule is CNCCCCC(N)C(=O)C(C)(C)C. The van der Waals surface area contributed by atoms with Crippen LogP contribution >= 0.6 is 0 Å². The summed E-state index contributed by atoms with van der Waals surface area (Å²) in [6.45, 7) is 6.75. The molecule has 14 heavy (non-hydrogen) atoms. The predicted molar refractivity (Wildman–Crippen MR) is 60.2 cm³/mol. The number of ketones is 1. The summed E-state index contributed by atoms with van der Waals surface area (Å²) in [6, 6.07) is -0.285. The molecule has 0 rings (SSSR count). The summed E-state index contributed by atoms with van der Waals surface area (Å²) >= 11 is 0. The lowest BCUT2D eigenvalue weighted by Crippen LogP contribution is -2.38. The standard InChI is InChI=1S/C11H24N2O/c1-11(2,3)10(14)9(12)7-5-6-8-13-4/h9,13H,5-8,12H2,1-4H3. The van der Waals surface area contributed by atoms with Crippen LogP contribution in [0.3, 0.4) is 0 Å². The van der Waals surface area contributed by atoms with E-state index in [2.05, 4.69) is 5.32 Å². The van der Waals surface area contributed by atoms with Gasteiger partial charge < -0.3 is 11.1 Å². The Labute approximate surface area is 87.4 Å². The zero-order valence-electron chi connectivity index (χ0n) is 9.89. The van der Waals surface area contributed by atoms with Crippen LogP contribution in [0.15, 0.2) is 0 Å². The second-order valence-electron chi connectivity index (χ2n) is 4.82. The highest BCUT2D eigenvalue weighted by Crippen LogP contribution is 2.18. The van der Waals surface area contributed by atoms with Crippen molar-refractivity contribution in [1.29, 1.82) is 0 Å². The molecule has 84 valence electrons. The maximum Gasteiger partial charge on any atom is 0.154 e. The molecule has 0 heterocycles. The van der Waals surface area contributed by atoms with E-state index in [4.69, 9.17) is 5.73 Å². The molecule has 0 radical (unpaired) electrons. The van der Waals surface area contributed by atoms with Crippen LogP contribution in [0.1, 0.15) is 40.0 Å². The lowest BCUT2D eigenvalue weighted by Gasteiger charge is -2.21. The van der Waals surface area contributed by atoms with Crippen molar-refractivity contribution in [3.63, 3.8) is 0 Å². The molecular formula is C11H24N2O. The molecule has 0 fully saturated rings. The molecule has 0 amide bonds. The quantitative estimate of drug-likeness (QED) is 0.636. The van der Waals surface area contributed by atoms with Crippen LogP contribution in [0, 0.1) is 5.41 Å². The zero-order valence-corrected chi connectivity index (χ0v) is 9.89. The molecular weight excluding hydrogens is 176 g/mol. The van der Waals surface area contributed by atoms with E-state index in [1.165, 1.54) is 0 Å². The van der Waals surface area contributed by atoms with Crippen molar-refractivity contribution < 1.29 is 4.79 Å². The van der Waals surface area contributed by atoms with Crippen LogP contribution in [0.4, 0.5) is 0 Å². The van der Waals surface area contributed by atoms with Crippen molar-refractivity contribution in [1.82, 2.24) is 5.32 Å². The van der Waals surface area contributed by atoms with Crippen molar-refractivity contribution in [2.24, 2.45) is 11.1 Å². The predicted octanol–water partition coefficient (Wildman–Crippen LogP) is 1.32. The van der Waals surface area contributed by atoms with Crippen LogP contribution in [0.2, 0.25) is 0 Å². The number of rotatable bonds is 6. The maximum atomic E-state index is 11.7. The Kier molecular flexibility index (Phi) is 5.96. The molecule has 0 saturated carbocycles. The first-order chi connectivity index (χ1) is 6.39. The third kappa shape index (κ3) is 5.35. The van der Waals surface area contributed by atoms with E-state index in [0.29, 0.717) is 0 Å². The minimum absolute atomic E-state index is 0.168. The van der Waals surface area contributed by atoms with Gasteiger partial charge >= 0.3 is 0 Å². The molecule has 0 aromatic heterocycles. The highest BCUT2D eigenvalue weighted by molar-refractivity contribution is 5.88. The molecule has 0 aliphatic heterocycles. The van der Waals surface area contributed by atoms with Gasteiger partial charge in [-0.15, -0.1) is 0 Å². The van der Waals surface area contributed by atoms with Gasteiger partial charge in [-0.2, -0.15) is 0 Å². The molecule has 3 N–H and O–H groups in total. The van der Waals surface area contributed by atoms with Gasteiger partial charge in [-0.1, -0.05) is 27.2 Å². The maximum absolute atomic E-state index is 11.7. The fraction of sp³-hybridized carbons (Fsp3) is 0.909. The molecule has 1 atom stereocenters. The van der Waals surface area contributed by atoms with E-state index in [0.717, 1.165) is 25.8 Å². The lowest BCUT2D eigenvalue weighted by molar-refractivity contribution is -0.127. The molecule has 0 saturated heterocycles. The number of hydrogen-bond acceptors (Lipinski definition) is 3. The molecule has 1 unspecified atom stereocenters. The van der Waals surface area contributed by atoms with Gasteiger partial charge in [0.2, 0.25) is 0 Å². The summed E-state index contributed by atoms with van der Waals surface area (Å²) in [5, 5.41) is 3.08. The Bertz CT molecular complexity index is 173. The van der Waals surface area contributed by atoms with Crippen LogP contribution in [0.5, 0.6) is 0 Å². The fourth-order valence-corrected chi connectivity index (χ4v) is 1.35. The van der Waals surface area contributed by atoms with Crippen molar-refractivity contribution >= 4 is 5.78 Å². The van der Waals surface area contributed by atoms with Gasteiger partial charge in [-0.25, -0.2) is 0 Å². The summed E-state index contributed by atoms with van der Waals surface area (Å²) in [7, 11) is 1.93. The lowest BCUT2D eigenvalue weighted by atomic mass is 9.85. The Morgan fingerprint density at radius 3 is 2.36 bits per heavy atom. The van der Waals surface area contributed by atoms with E-state index in [1.807, 2.05) is 27.8 Å². The second kappa shape index (κ2) is 6.14. The Morgan fingerprint density at radius 2 is 1.93 bits per heavy atom. The Hall–Kier alpha value is -0.410. The van der Waals surface area contributed by atoms with Gasteiger partial charge in [0.05, 0.1) is 6.04 Å². The summed E-state index contributed by atoms with van der Waals surface area (Å²) in [6.07, 6.45) is 2.91. The molecule has 3 nitrogen and oxygen atoms in total. The smallest absolute Gasteiger partial charge is 0.154 e. The zero-order chi connectivity index (χ0) is 11.2. The van der Waals surface area contributed by atoms with Crippen molar-refractivity contribution in [3.05, 3.63) is 0 Å². The van der Waals surface area contributed by atoms with Gasteiger partial charge in [0, 0.05) is 5.41 Å². The van der Waals surface area contributed by atoms with Gasteiger partial charge in [-0.05, 0) is 26.4 Å². The van der Waals surface area contributed by atoms with Gasteiger partial charge in [0.1, 0.15) is 0 Å². The largest absolute Gasteiger partial charge is 0.321 e. The first-order valence-corrected chi connectivity index (χ1v) is 5.34. The van der Waals surface area contributed by atoms with Crippen molar-refractivity contribution in [2.75, 3.05) is 13.6 Å². The molecule has 3 heteroatoms. The van der Waals surface area contributed by atoms with Crippen LogP contribution in [0.25, 0.3) is 0 Å². The minimum atomic E-state index is -0.303. The fourth-order valence-electron chi connectivity index (χ4n) is 1.35. The highest BCUT2D eigenvalue weighted by Gasteiger charge is 2.26. The van der Waals surface area contributed by atoms with Crippen LogP contribution in [-0.2, 0) is 4.79 Å². The average molecular weight is 200 g/mol. The van der Waals surface area contributed by atoms with Crippen molar-refractivity contribution in [2.45, 2.75) is 46.1 Å². The third-order valence-electron chi connectivity index (χ3n) is 2.27. The van der Waals surface area contributed by atoms with Crippen LogP contribution in [-0.4, -0.2) is 25.4 Å². The summed E-state index contributed by atoms with van der Waals surface area (Å²) < 4.78 is 0.